The molecule has 0 radical (unpaired) electrons. The molecule has 0 N–H and O–H groups in total. The van der Waals surface area contributed by atoms with Crippen molar-refractivity contribution < 1.29 is 0 Å². The second-order valence-electron chi connectivity index (χ2n) is 4.90. The molecule has 1 unspecified atom stereocenters. The highest BCUT2D eigenvalue weighted by molar-refractivity contribution is 9.09. The molecule has 1 aromatic rings. The van der Waals surface area contributed by atoms with Crippen molar-refractivity contribution in [2.45, 2.75) is 76.6 Å². The summed E-state index contributed by atoms with van der Waals surface area (Å²) in [5, 5.41) is 8.36. The average molecular weight is 316 g/mol. The molecule has 0 aliphatic carbocycles. The van der Waals surface area contributed by atoms with Crippen molar-refractivity contribution in [3.05, 3.63) is 11.9 Å². The summed E-state index contributed by atoms with van der Waals surface area (Å²) in [6, 6.07) is 0. The Morgan fingerprint density at radius 1 is 1.11 bits per heavy atom. The highest BCUT2D eigenvalue weighted by atomic mass is 79.9. The van der Waals surface area contributed by atoms with E-state index in [-0.39, 0.29) is 0 Å². The Labute approximate surface area is 119 Å². The Kier molecular flexibility index (Phi) is 8.31. The molecule has 104 valence electrons. The molecule has 0 amide bonds. The number of aryl methyl sites for hydroxylation is 1. The first kappa shape index (κ1) is 15.7. The van der Waals surface area contributed by atoms with Gasteiger partial charge in [-0.15, -0.1) is 5.10 Å². The maximum Gasteiger partial charge on any atom is 0.0963 e. The Morgan fingerprint density at radius 2 is 1.78 bits per heavy atom. The van der Waals surface area contributed by atoms with E-state index in [1.54, 1.807) is 0 Å². The first-order valence-electron chi connectivity index (χ1n) is 7.32. The minimum Gasteiger partial charge on any atom is -0.252 e. The number of alkyl halides is 1. The molecule has 0 aliphatic rings. The van der Waals surface area contributed by atoms with Gasteiger partial charge in [0.1, 0.15) is 0 Å². The number of hydrogen-bond acceptors (Lipinski definition) is 2. The quantitative estimate of drug-likeness (QED) is 0.455. The van der Waals surface area contributed by atoms with Gasteiger partial charge >= 0.3 is 0 Å². The lowest BCUT2D eigenvalue weighted by atomic mass is 10.1. The molecule has 0 saturated carbocycles. The van der Waals surface area contributed by atoms with Gasteiger partial charge in [0, 0.05) is 12.7 Å². The van der Waals surface area contributed by atoms with Crippen LogP contribution in [0.15, 0.2) is 6.20 Å². The van der Waals surface area contributed by atoms with E-state index in [1.807, 2.05) is 4.68 Å². The Bertz CT molecular complexity index is 312. The molecular formula is C14H26BrN3. The van der Waals surface area contributed by atoms with Crippen molar-refractivity contribution in [2.75, 3.05) is 0 Å². The summed E-state index contributed by atoms with van der Waals surface area (Å²) in [6.45, 7) is 5.41. The van der Waals surface area contributed by atoms with Gasteiger partial charge in [0.25, 0.3) is 0 Å². The van der Waals surface area contributed by atoms with Crippen LogP contribution in [0.5, 0.6) is 0 Å². The van der Waals surface area contributed by atoms with Gasteiger partial charge in [-0.05, 0) is 12.8 Å². The Balaban J connectivity index is 2.10. The normalized spacial score (nSPS) is 12.8. The van der Waals surface area contributed by atoms with Crippen LogP contribution in [0.1, 0.15) is 75.7 Å². The van der Waals surface area contributed by atoms with Crippen LogP contribution < -0.4 is 0 Å². The monoisotopic (exact) mass is 315 g/mol. The van der Waals surface area contributed by atoms with E-state index in [2.05, 4.69) is 46.3 Å². The molecular weight excluding hydrogens is 290 g/mol. The van der Waals surface area contributed by atoms with E-state index in [1.165, 1.54) is 44.9 Å². The van der Waals surface area contributed by atoms with Crippen LogP contribution in [0.3, 0.4) is 0 Å². The minimum absolute atomic E-state index is 0.347. The van der Waals surface area contributed by atoms with E-state index in [9.17, 15) is 0 Å². The lowest BCUT2D eigenvalue weighted by Crippen LogP contribution is -1.98. The van der Waals surface area contributed by atoms with E-state index < -0.39 is 0 Å². The highest BCUT2D eigenvalue weighted by Crippen LogP contribution is 2.23. The second-order valence-corrected chi connectivity index (χ2v) is 6.01. The summed E-state index contributed by atoms with van der Waals surface area (Å²) in [5.41, 5.74) is 1.06. The van der Waals surface area contributed by atoms with Crippen molar-refractivity contribution in [1.29, 1.82) is 0 Å². The summed E-state index contributed by atoms with van der Waals surface area (Å²) in [4.78, 5) is 0.347. The van der Waals surface area contributed by atoms with Gasteiger partial charge in [0.05, 0.1) is 10.5 Å². The third-order valence-corrected chi connectivity index (χ3v) is 4.34. The van der Waals surface area contributed by atoms with Gasteiger partial charge in [-0.1, -0.05) is 73.5 Å². The zero-order valence-electron chi connectivity index (χ0n) is 11.7. The van der Waals surface area contributed by atoms with Crippen molar-refractivity contribution in [2.24, 2.45) is 0 Å². The molecule has 1 atom stereocenters. The number of rotatable bonds is 10. The third kappa shape index (κ3) is 5.98. The Morgan fingerprint density at radius 3 is 2.44 bits per heavy atom. The largest absolute Gasteiger partial charge is 0.252 e. The molecule has 0 spiro atoms. The van der Waals surface area contributed by atoms with E-state index in [0.717, 1.165) is 18.7 Å². The first-order valence-corrected chi connectivity index (χ1v) is 8.23. The van der Waals surface area contributed by atoms with Crippen LogP contribution >= 0.6 is 15.9 Å². The van der Waals surface area contributed by atoms with Crippen LogP contribution in [-0.4, -0.2) is 15.0 Å². The summed E-state index contributed by atoms with van der Waals surface area (Å²) in [6.07, 6.45) is 12.5. The molecule has 0 aliphatic heterocycles. The number of unbranched alkanes of at least 4 members (excludes halogenated alkanes) is 6. The molecule has 0 saturated heterocycles. The summed E-state index contributed by atoms with van der Waals surface area (Å²) >= 11 is 3.60. The molecule has 1 heterocycles. The van der Waals surface area contributed by atoms with Crippen molar-refractivity contribution in [3.8, 4) is 0 Å². The second kappa shape index (κ2) is 9.54. The molecule has 18 heavy (non-hydrogen) atoms. The Hall–Kier alpha value is -0.380. The molecule has 3 nitrogen and oxygen atoms in total. The van der Waals surface area contributed by atoms with Gasteiger partial charge in [0.2, 0.25) is 0 Å². The van der Waals surface area contributed by atoms with Gasteiger partial charge in [-0.3, -0.25) is 4.68 Å². The smallest absolute Gasteiger partial charge is 0.0963 e. The standard InChI is InChI=1S/C14H26BrN3/c1-3-5-6-7-8-9-10-11-18-12-14(16-17-18)13(15)4-2/h12-13H,3-11H2,1-2H3. The van der Waals surface area contributed by atoms with Crippen molar-refractivity contribution >= 4 is 15.9 Å². The predicted octanol–water partition coefficient (Wildman–Crippen LogP) is 4.87. The van der Waals surface area contributed by atoms with E-state index >= 15 is 0 Å². The van der Waals surface area contributed by atoms with Crippen LogP contribution in [-0.2, 0) is 6.54 Å². The van der Waals surface area contributed by atoms with Crippen LogP contribution in [0.4, 0.5) is 0 Å². The van der Waals surface area contributed by atoms with E-state index in [0.29, 0.717) is 4.83 Å². The van der Waals surface area contributed by atoms with Crippen LogP contribution in [0.2, 0.25) is 0 Å². The summed E-state index contributed by atoms with van der Waals surface area (Å²) < 4.78 is 1.98. The maximum absolute atomic E-state index is 4.19. The maximum atomic E-state index is 4.19. The zero-order valence-corrected chi connectivity index (χ0v) is 13.3. The van der Waals surface area contributed by atoms with Gasteiger partial charge in [-0.2, -0.15) is 0 Å². The average Bonchev–Trinajstić information content (AvgIpc) is 2.85. The first-order chi connectivity index (χ1) is 8.77. The summed E-state index contributed by atoms with van der Waals surface area (Å²) in [7, 11) is 0. The fourth-order valence-electron chi connectivity index (χ4n) is 2.01. The number of nitrogens with zero attached hydrogens (tertiary/aromatic N) is 3. The minimum atomic E-state index is 0.347. The van der Waals surface area contributed by atoms with Gasteiger partial charge in [0.15, 0.2) is 0 Å². The fraction of sp³-hybridized carbons (Fsp3) is 0.857. The lowest BCUT2D eigenvalue weighted by molar-refractivity contribution is 0.513. The van der Waals surface area contributed by atoms with Crippen LogP contribution in [0.25, 0.3) is 0 Å². The number of aromatic nitrogens is 3. The third-order valence-electron chi connectivity index (χ3n) is 3.23. The molecule has 0 aromatic carbocycles. The number of hydrogen-bond donors (Lipinski definition) is 0. The molecule has 0 fully saturated rings. The van der Waals surface area contributed by atoms with E-state index in [4.69, 9.17) is 0 Å². The van der Waals surface area contributed by atoms with Gasteiger partial charge < -0.3 is 0 Å². The SMILES string of the molecule is CCCCCCCCCn1cc(C(Br)CC)nn1. The van der Waals surface area contributed by atoms with Gasteiger partial charge in [-0.25, -0.2) is 0 Å². The lowest BCUT2D eigenvalue weighted by Gasteiger charge is -2.02. The fourth-order valence-corrected chi connectivity index (χ4v) is 2.22. The van der Waals surface area contributed by atoms with Crippen molar-refractivity contribution in [1.82, 2.24) is 15.0 Å². The molecule has 0 bridgehead atoms. The highest BCUT2D eigenvalue weighted by Gasteiger charge is 2.08. The zero-order chi connectivity index (χ0) is 13.2. The summed E-state index contributed by atoms with van der Waals surface area (Å²) in [5.74, 6) is 0. The van der Waals surface area contributed by atoms with Crippen molar-refractivity contribution in [3.63, 3.8) is 0 Å². The molecule has 1 rings (SSSR count). The van der Waals surface area contributed by atoms with Crippen LogP contribution in [0, 0.1) is 0 Å². The topological polar surface area (TPSA) is 30.7 Å². The molecule has 4 heteroatoms. The predicted molar refractivity (Wildman–Crippen MR) is 80.0 cm³/mol. The number of halogens is 1. The molecule has 1 aromatic heterocycles.